The third kappa shape index (κ3) is 5.88. The first-order chi connectivity index (χ1) is 10.3. The molecule has 3 heteroatoms. The van der Waals surface area contributed by atoms with Crippen LogP contribution in [0.1, 0.15) is 44.6 Å². The molecule has 1 amide bonds. The van der Waals surface area contributed by atoms with E-state index in [4.69, 9.17) is 0 Å². The second-order valence-electron chi connectivity index (χ2n) is 6.10. The number of nitrogens with zero attached hydrogens (tertiary/aromatic N) is 1. The average molecular weight is 288 g/mol. The normalized spacial score (nSPS) is 17.3. The summed E-state index contributed by atoms with van der Waals surface area (Å²) in [5.41, 5.74) is 1.37. The molecule has 1 N–H and O–H groups in total. The lowest BCUT2D eigenvalue weighted by Gasteiger charge is -2.22. The van der Waals surface area contributed by atoms with E-state index in [2.05, 4.69) is 36.5 Å². The monoisotopic (exact) mass is 288 g/mol. The Morgan fingerprint density at radius 2 is 1.81 bits per heavy atom. The first kappa shape index (κ1) is 16.0. The van der Waals surface area contributed by atoms with Crippen LogP contribution >= 0.6 is 0 Å². The van der Waals surface area contributed by atoms with Crippen molar-refractivity contribution in [1.82, 2.24) is 10.2 Å². The molecule has 1 aliphatic rings. The first-order valence-corrected chi connectivity index (χ1v) is 8.31. The van der Waals surface area contributed by atoms with Crippen LogP contribution in [0.5, 0.6) is 0 Å². The molecule has 0 aliphatic carbocycles. The van der Waals surface area contributed by atoms with Crippen LogP contribution in [0.25, 0.3) is 0 Å². The maximum absolute atomic E-state index is 12.2. The molecule has 1 aromatic carbocycles. The van der Waals surface area contributed by atoms with E-state index < -0.39 is 0 Å². The van der Waals surface area contributed by atoms with Crippen LogP contribution < -0.4 is 5.32 Å². The van der Waals surface area contributed by atoms with Crippen molar-refractivity contribution in [3.63, 3.8) is 0 Å². The van der Waals surface area contributed by atoms with Gasteiger partial charge in [0.15, 0.2) is 0 Å². The molecule has 0 spiro atoms. The predicted molar refractivity (Wildman–Crippen MR) is 87.3 cm³/mol. The maximum atomic E-state index is 12.2. The molecule has 1 atom stereocenters. The van der Waals surface area contributed by atoms with E-state index in [0.29, 0.717) is 12.6 Å². The summed E-state index contributed by atoms with van der Waals surface area (Å²) in [6, 6.07) is 10.9. The van der Waals surface area contributed by atoms with Crippen LogP contribution in [-0.4, -0.2) is 36.5 Å². The number of carbonyl (C=O) groups excluding carboxylic acids is 1. The molecule has 0 saturated carbocycles. The highest BCUT2D eigenvalue weighted by molar-refractivity contribution is 5.78. The Hall–Kier alpha value is -1.35. The highest BCUT2D eigenvalue weighted by Gasteiger charge is 2.15. The Labute approximate surface area is 128 Å². The summed E-state index contributed by atoms with van der Waals surface area (Å²) in [5, 5.41) is 3.38. The van der Waals surface area contributed by atoms with Crippen molar-refractivity contribution in [2.45, 2.75) is 51.5 Å². The van der Waals surface area contributed by atoms with E-state index in [1.165, 1.54) is 18.4 Å². The van der Waals surface area contributed by atoms with Crippen LogP contribution in [0.15, 0.2) is 30.3 Å². The van der Waals surface area contributed by atoms with Gasteiger partial charge in [-0.15, -0.1) is 0 Å². The average Bonchev–Trinajstić information content (AvgIpc) is 2.81. The number of carbonyl (C=O) groups is 1. The minimum Gasteiger partial charge on any atom is -0.342 e. The summed E-state index contributed by atoms with van der Waals surface area (Å²) in [6.45, 7) is 4.53. The molecule has 0 aromatic heterocycles. The molecule has 2 rings (SSSR count). The lowest BCUT2D eigenvalue weighted by molar-refractivity contribution is -0.130. The van der Waals surface area contributed by atoms with Gasteiger partial charge in [0.05, 0.1) is 6.54 Å². The number of hydrogen-bond donors (Lipinski definition) is 1. The van der Waals surface area contributed by atoms with Crippen molar-refractivity contribution < 1.29 is 4.79 Å². The summed E-state index contributed by atoms with van der Waals surface area (Å²) in [6.07, 6.45) is 6.99. The molecular formula is C18H28N2O. The van der Waals surface area contributed by atoms with Crippen LogP contribution in [0.3, 0.4) is 0 Å². The zero-order valence-corrected chi connectivity index (χ0v) is 13.2. The molecule has 3 nitrogen and oxygen atoms in total. The Kier molecular flexibility index (Phi) is 6.74. The molecule has 1 aromatic rings. The third-order valence-electron chi connectivity index (χ3n) is 4.27. The van der Waals surface area contributed by atoms with Gasteiger partial charge in [-0.25, -0.2) is 0 Å². The van der Waals surface area contributed by atoms with E-state index in [0.717, 1.165) is 38.8 Å². The van der Waals surface area contributed by atoms with E-state index >= 15 is 0 Å². The summed E-state index contributed by atoms with van der Waals surface area (Å²) in [5.74, 6) is 0.267. The van der Waals surface area contributed by atoms with E-state index in [-0.39, 0.29) is 5.91 Å². The number of benzene rings is 1. The number of amides is 1. The molecule has 0 bridgehead atoms. The standard InChI is InChI=1S/C18H28N2O/c1-16(11-12-17-9-5-4-6-10-17)19-15-18(21)20-13-7-2-3-8-14-20/h4-6,9-10,16,19H,2-3,7-8,11-15H2,1H3. The lowest BCUT2D eigenvalue weighted by atomic mass is 10.1. The lowest BCUT2D eigenvalue weighted by Crippen LogP contribution is -2.41. The summed E-state index contributed by atoms with van der Waals surface area (Å²) in [7, 11) is 0. The summed E-state index contributed by atoms with van der Waals surface area (Å²) in [4.78, 5) is 14.2. The highest BCUT2D eigenvalue weighted by Crippen LogP contribution is 2.09. The molecular weight excluding hydrogens is 260 g/mol. The smallest absolute Gasteiger partial charge is 0.236 e. The summed E-state index contributed by atoms with van der Waals surface area (Å²) >= 11 is 0. The fraction of sp³-hybridized carbons (Fsp3) is 0.611. The number of likely N-dealkylation sites (tertiary alicyclic amines) is 1. The molecule has 1 saturated heterocycles. The zero-order valence-electron chi connectivity index (χ0n) is 13.2. The second kappa shape index (κ2) is 8.83. The third-order valence-corrected chi connectivity index (χ3v) is 4.27. The van der Waals surface area contributed by atoms with Crippen molar-refractivity contribution in [1.29, 1.82) is 0 Å². The van der Waals surface area contributed by atoms with Crippen LogP contribution in [0, 0.1) is 0 Å². The van der Waals surface area contributed by atoms with E-state index in [1.807, 2.05) is 11.0 Å². The summed E-state index contributed by atoms with van der Waals surface area (Å²) < 4.78 is 0. The molecule has 1 heterocycles. The largest absolute Gasteiger partial charge is 0.342 e. The van der Waals surface area contributed by atoms with Gasteiger partial charge in [0, 0.05) is 19.1 Å². The Morgan fingerprint density at radius 1 is 1.14 bits per heavy atom. The topological polar surface area (TPSA) is 32.3 Å². The molecule has 1 aliphatic heterocycles. The second-order valence-corrected chi connectivity index (χ2v) is 6.10. The van der Waals surface area contributed by atoms with Gasteiger partial charge in [0.25, 0.3) is 0 Å². The van der Waals surface area contributed by atoms with Crippen LogP contribution in [0.4, 0.5) is 0 Å². The Morgan fingerprint density at radius 3 is 2.48 bits per heavy atom. The Balaban J connectivity index is 1.65. The predicted octanol–water partition coefficient (Wildman–Crippen LogP) is 3.00. The zero-order chi connectivity index (χ0) is 14.9. The molecule has 1 unspecified atom stereocenters. The molecule has 0 radical (unpaired) electrons. The van der Waals surface area contributed by atoms with Crippen molar-refractivity contribution >= 4 is 5.91 Å². The number of hydrogen-bond acceptors (Lipinski definition) is 2. The van der Waals surface area contributed by atoms with Gasteiger partial charge < -0.3 is 10.2 Å². The fourth-order valence-corrected chi connectivity index (χ4v) is 2.82. The molecule has 116 valence electrons. The van der Waals surface area contributed by atoms with E-state index in [1.54, 1.807) is 0 Å². The minimum atomic E-state index is 0.267. The minimum absolute atomic E-state index is 0.267. The van der Waals surface area contributed by atoms with Gasteiger partial charge in [-0.2, -0.15) is 0 Å². The van der Waals surface area contributed by atoms with Gasteiger partial charge in [-0.3, -0.25) is 4.79 Å². The van der Waals surface area contributed by atoms with Gasteiger partial charge in [-0.05, 0) is 38.2 Å². The number of nitrogens with one attached hydrogen (secondary N) is 1. The van der Waals surface area contributed by atoms with Crippen molar-refractivity contribution in [3.05, 3.63) is 35.9 Å². The van der Waals surface area contributed by atoms with Crippen molar-refractivity contribution in [2.24, 2.45) is 0 Å². The van der Waals surface area contributed by atoms with Gasteiger partial charge >= 0.3 is 0 Å². The first-order valence-electron chi connectivity index (χ1n) is 8.31. The quantitative estimate of drug-likeness (QED) is 0.873. The van der Waals surface area contributed by atoms with Crippen LogP contribution in [-0.2, 0) is 11.2 Å². The fourth-order valence-electron chi connectivity index (χ4n) is 2.82. The van der Waals surface area contributed by atoms with Gasteiger partial charge in [0.1, 0.15) is 0 Å². The highest BCUT2D eigenvalue weighted by atomic mass is 16.2. The van der Waals surface area contributed by atoms with Gasteiger partial charge in [-0.1, -0.05) is 43.2 Å². The van der Waals surface area contributed by atoms with Gasteiger partial charge in [0.2, 0.25) is 5.91 Å². The SMILES string of the molecule is CC(CCc1ccccc1)NCC(=O)N1CCCCCC1. The van der Waals surface area contributed by atoms with Crippen LogP contribution in [0.2, 0.25) is 0 Å². The van der Waals surface area contributed by atoms with Crippen molar-refractivity contribution in [3.8, 4) is 0 Å². The van der Waals surface area contributed by atoms with Crippen molar-refractivity contribution in [2.75, 3.05) is 19.6 Å². The number of aryl methyl sites for hydroxylation is 1. The van der Waals surface area contributed by atoms with E-state index in [9.17, 15) is 4.79 Å². The Bertz CT molecular complexity index is 410. The molecule has 21 heavy (non-hydrogen) atoms. The maximum Gasteiger partial charge on any atom is 0.236 e. The molecule has 1 fully saturated rings. The number of rotatable bonds is 6.